The smallest absolute Gasteiger partial charge is 0.0907 e. The number of rotatable bonds is 7. The van der Waals surface area contributed by atoms with Crippen LogP contribution in [0.2, 0.25) is 0 Å². The van der Waals surface area contributed by atoms with Gasteiger partial charge >= 0.3 is 0 Å². The number of nitrogens with two attached hydrogens (primary N) is 1. The van der Waals surface area contributed by atoms with Crippen LogP contribution in [0.1, 0.15) is 30.0 Å². The van der Waals surface area contributed by atoms with Crippen molar-refractivity contribution in [2.45, 2.75) is 24.1 Å². The fourth-order valence-corrected chi connectivity index (χ4v) is 4.73. The van der Waals surface area contributed by atoms with Gasteiger partial charge in [-0.2, -0.15) is 0 Å². The first-order valence-electron chi connectivity index (χ1n) is 8.83. The molecule has 128 valence electrons. The zero-order valence-corrected chi connectivity index (χ0v) is 15.5. The highest BCUT2D eigenvalue weighted by Crippen LogP contribution is 2.48. The molecule has 1 atom stereocenters. The molecule has 0 unspecified atom stereocenters. The predicted octanol–water partition coefficient (Wildman–Crippen LogP) is 5.45. The van der Waals surface area contributed by atoms with E-state index in [2.05, 4.69) is 97.9 Å². The Morgan fingerprint density at radius 3 is 1.40 bits per heavy atom. The zero-order chi connectivity index (χ0) is 17.5. The highest BCUT2D eigenvalue weighted by atomic mass is 32.2. The van der Waals surface area contributed by atoms with E-state index in [9.17, 15) is 0 Å². The molecule has 0 amide bonds. The zero-order valence-electron chi connectivity index (χ0n) is 14.6. The topological polar surface area (TPSA) is 26.0 Å². The van der Waals surface area contributed by atoms with Crippen LogP contribution in [-0.4, -0.2) is 11.8 Å². The monoisotopic (exact) mass is 347 g/mol. The summed E-state index contributed by atoms with van der Waals surface area (Å²) in [5, 5.41) is 0. The van der Waals surface area contributed by atoms with E-state index < -0.39 is 0 Å². The van der Waals surface area contributed by atoms with Crippen molar-refractivity contribution in [3.05, 3.63) is 108 Å². The third-order valence-corrected chi connectivity index (χ3v) is 6.31. The highest BCUT2D eigenvalue weighted by Gasteiger charge is 2.36. The molecule has 0 aromatic heterocycles. The molecular weight excluding hydrogens is 322 g/mol. The maximum Gasteiger partial charge on any atom is 0.0907 e. The predicted molar refractivity (Wildman–Crippen MR) is 110 cm³/mol. The van der Waals surface area contributed by atoms with Gasteiger partial charge in [-0.15, -0.1) is 11.8 Å². The number of thioether (sulfide) groups is 1. The Bertz CT molecular complexity index is 659. The lowest BCUT2D eigenvalue weighted by atomic mass is 9.84. The van der Waals surface area contributed by atoms with Crippen LogP contribution in [-0.2, 0) is 4.75 Å². The van der Waals surface area contributed by atoms with Crippen LogP contribution < -0.4 is 5.73 Å². The summed E-state index contributed by atoms with van der Waals surface area (Å²) in [5.74, 6) is 0.912. The van der Waals surface area contributed by atoms with Gasteiger partial charge in [-0.3, -0.25) is 0 Å². The first kappa shape index (κ1) is 17.8. The van der Waals surface area contributed by atoms with E-state index >= 15 is 0 Å². The van der Waals surface area contributed by atoms with Crippen LogP contribution in [0.25, 0.3) is 0 Å². The number of hydrogen-bond acceptors (Lipinski definition) is 2. The second-order valence-corrected chi connectivity index (χ2v) is 7.49. The maximum absolute atomic E-state index is 6.29. The van der Waals surface area contributed by atoms with Gasteiger partial charge in [0, 0.05) is 11.8 Å². The van der Waals surface area contributed by atoms with Gasteiger partial charge in [0.1, 0.15) is 0 Å². The van der Waals surface area contributed by atoms with Gasteiger partial charge in [0.2, 0.25) is 0 Å². The van der Waals surface area contributed by atoms with Crippen molar-refractivity contribution >= 4 is 11.8 Å². The third kappa shape index (κ3) is 3.81. The maximum atomic E-state index is 6.29. The molecule has 0 aliphatic carbocycles. The first-order chi connectivity index (χ1) is 12.3. The minimum absolute atomic E-state index is 0.195. The molecule has 3 rings (SSSR count). The molecule has 25 heavy (non-hydrogen) atoms. The number of hydrogen-bond donors (Lipinski definition) is 1. The Morgan fingerprint density at radius 1 is 0.720 bits per heavy atom. The van der Waals surface area contributed by atoms with Gasteiger partial charge in [-0.25, -0.2) is 0 Å². The summed E-state index contributed by atoms with van der Waals surface area (Å²) in [6.07, 6.45) is 0.988. The van der Waals surface area contributed by atoms with Crippen molar-refractivity contribution in [1.29, 1.82) is 0 Å². The van der Waals surface area contributed by atoms with Crippen molar-refractivity contribution < 1.29 is 0 Å². The molecule has 0 aliphatic rings. The Morgan fingerprint density at radius 2 is 1.08 bits per heavy atom. The van der Waals surface area contributed by atoms with Crippen LogP contribution in [0.3, 0.4) is 0 Å². The van der Waals surface area contributed by atoms with E-state index in [1.165, 1.54) is 16.7 Å². The minimum Gasteiger partial charge on any atom is -0.327 e. The Kier molecular flexibility index (Phi) is 5.95. The second-order valence-electron chi connectivity index (χ2n) is 6.26. The van der Waals surface area contributed by atoms with Gasteiger partial charge in [0.05, 0.1) is 4.75 Å². The molecule has 2 N–H and O–H groups in total. The van der Waals surface area contributed by atoms with E-state index in [4.69, 9.17) is 5.73 Å². The Hall–Kier alpha value is -2.03. The highest BCUT2D eigenvalue weighted by molar-refractivity contribution is 8.00. The summed E-state index contributed by atoms with van der Waals surface area (Å²) in [4.78, 5) is 0. The van der Waals surface area contributed by atoms with Crippen LogP contribution in [0, 0.1) is 0 Å². The fourth-order valence-electron chi connectivity index (χ4n) is 3.12. The van der Waals surface area contributed by atoms with Crippen LogP contribution >= 0.6 is 11.8 Å². The van der Waals surface area contributed by atoms with Gasteiger partial charge in [0.25, 0.3) is 0 Å². The summed E-state index contributed by atoms with van der Waals surface area (Å²) in [6, 6.07) is 32.5. The molecule has 0 saturated heterocycles. The van der Waals surface area contributed by atoms with Crippen LogP contribution in [0.5, 0.6) is 0 Å². The quantitative estimate of drug-likeness (QED) is 0.575. The van der Waals surface area contributed by atoms with Crippen molar-refractivity contribution in [2.24, 2.45) is 5.73 Å². The van der Waals surface area contributed by atoms with Crippen molar-refractivity contribution in [1.82, 2.24) is 0 Å². The molecule has 3 aromatic rings. The van der Waals surface area contributed by atoms with Gasteiger partial charge in [-0.1, -0.05) is 97.9 Å². The molecule has 0 spiro atoms. The molecule has 0 radical (unpaired) electrons. The normalized spacial score (nSPS) is 12.7. The average Bonchev–Trinajstić information content (AvgIpc) is 2.71. The van der Waals surface area contributed by atoms with E-state index in [1.807, 2.05) is 11.8 Å². The second kappa shape index (κ2) is 8.37. The van der Waals surface area contributed by atoms with Gasteiger partial charge < -0.3 is 5.73 Å². The lowest BCUT2D eigenvalue weighted by molar-refractivity contribution is 0.720. The number of benzene rings is 3. The van der Waals surface area contributed by atoms with E-state index in [0.29, 0.717) is 0 Å². The molecular formula is C23H25NS. The molecule has 0 fully saturated rings. The summed E-state index contributed by atoms with van der Waals surface area (Å²) in [7, 11) is 0. The molecule has 1 nitrogen and oxygen atoms in total. The molecule has 0 aliphatic heterocycles. The van der Waals surface area contributed by atoms with Crippen molar-refractivity contribution in [2.75, 3.05) is 5.75 Å². The third-order valence-electron chi connectivity index (χ3n) is 4.58. The lowest BCUT2D eigenvalue weighted by Crippen LogP contribution is -2.30. The van der Waals surface area contributed by atoms with E-state index in [1.54, 1.807) is 0 Å². The van der Waals surface area contributed by atoms with Gasteiger partial charge in [0.15, 0.2) is 0 Å². The van der Waals surface area contributed by atoms with Gasteiger partial charge in [-0.05, 0) is 23.1 Å². The lowest BCUT2D eigenvalue weighted by Gasteiger charge is -2.36. The fraction of sp³-hybridized carbons (Fsp3) is 0.217. The summed E-state index contributed by atoms with van der Waals surface area (Å²) in [6.45, 7) is 2.15. The molecule has 0 bridgehead atoms. The Balaban J connectivity index is 2.20. The van der Waals surface area contributed by atoms with Crippen molar-refractivity contribution in [3.8, 4) is 0 Å². The van der Waals surface area contributed by atoms with E-state index in [-0.39, 0.29) is 10.8 Å². The molecule has 0 heterocycles. The minimum atomic E-state index is -0.253. The first-order valence-corrected chi connectivity index (χ1v) is 9.82. The summed E-state index contributed by atoms with van der Waals surface area (Å²) in [5.41, 5.74) is 10.2. The summed E-state index contributed by atoms with van der Waals surface area (Å²) < 4.78 is -0.253. The SMILES string of the molecule is CC[C@@H](N)CSC(c1ccccc1)(c1ccccc1)c1ccccc1. The van der Waals surface area contributed by atoms with Crippen LogP contribution in [0.15, 0.2) is 91.0 Å². The van der Waals surface area contributed by atoms with Crippen LogP contribution in [0.4, 0.5) is 0 Å². The molecule has 2 heteroatoms. The summed E-state index contributed by atoms with van der Waals surface area (Å²) >= 11 is 1.94. The molecule has 3 aromatic carbocycles. The van der Waals surface area contributed by atoms with E-state index in [0.717, 1.165) is 12.2 Å². The average molecular weight is 348 g/mol. The Labute approximate surface area is 155 Å². The molecule has 0 saturated carbocycles. The standard InChI is InChI=1S/C23H25NS/c1-2-22(24)18-25-23(19-12-6-3-7-13-19,20-14-8-4-9-15-20)21-16-10-5-11-17-21/h3-17,22H,2,18,24H2,1H3/t22-/m1/s1. The largest absolute Gasteiger partial charge is 0.327 e. The van der Waals surface area contributed by atoms with Crippen molar-refractivity contribution in [3.63, 3.8) is 0 Å².